The lowest BCUT2D eigenvalue weighted by atomic mass is 10.1. The van der Waals surface area contributed by atoms with Crippen LogP contribution in [0.2, 0.25) is 0 Å². The SMILES string of the molecule is CC(C)CCn1nc(Br)nc1Br. The lowest BCUT2D eigenvalue weighted by molar-refractivity contribution is 0.479. The number of hydrogen-bond donors (Lipinski definition) is 0. The molecular weight excluding hydrogens is 286 g/mol. The molecule has 12 heavy (non-hydrogen) atoms. The molecule has 0 aliphatic rings. The van der Waals surface area contributed by atoms with E-state index in [1.54, 1.807) is 0 Å². The number of rotatable bonds is 3. The Kier molecular flexibility index (Phi) is 3.71. The third kappa shape index (κ3) is 2.86. The second-order valence-electron chi connectivity index (χ2n) is 3.06. The highest BCUT2D eigenvalue weighted by atomic mass is 79.9. The van der Waals surface area contributed by atoms with E-state index >= 15 is 0 Å². The fourth-order valence-corrected chi connectivity index (χ4v) is 1.84. The average Bonchev–Trinajstić information content (AvgIpc) is 2.26. The zero-order chi connectivity index (χ0) is 9.14. The van der Waals surface area contributed by atoms with E-state index in [1.807, 2.05) is 4.68 Å². The first-order valence-electron chi connectivity index (χ1n) is 3.85. The maximum absolute atomic E-state index is 4.16. The number of nitrogens with zero attached hydrogens (tertiary/aromatic N) is 3. The topological polar surface area (TPSA) is 30.7 Å². The Morgan fingerprint density at radius 2 is 2.08 bits per heavy atom. The highest BCUT2D eigenvalue weighted by Gasteiger charge is 2.04. The smallest absolute Gasteiger partial charge is 0.218 e. The molecule has 0 spiro atoms. The number of halogens is 2. The van der Waals surface area contributed by atoms with Gasteiger partial charge < -0.3 is 0 Å². The third-order valence-corrected chi connectivity index (χ3v) is 2.44. The van der Waals surface area contributed by atoms with Crippen molar-refractivity contribution in [2.45, 2.75) is 26.8 Å². The molecule has 0 atom stereocenters. The van der Waals surface area contributed by atoms with Gasteiger partial charge in [-0.25, -0.2) is 4.68 Å². The van der Waals surface area contributed by atoms with E-state index in [0.29, 0.717) is 10.7 Å². The van der Waals surface area contributed by atoms with Crippen LogP contribution in [-0.4, -0.2) is 14.8 Å². The summed E-state index contributed by atoms with van der Waals surface area (Å²) in [6.45, 7) is 5.30. The molecule has 1 heterocycles. The fourth-order valence-electron chi connectivity index (χ4n) is 0.820. The van der Waals surface area contributed by atoms with Crippen LogP contribution in [0.3, 0.4) is 0 Å². The van der Waals surface area contributed by atoms with Gasteiger partial charge in [-0.15, -0.1) is 5.10 Å². The minimum atomic E-state index is 0.637. The van der Waals surface area contributed by atoms with Crippen molar-refractivity contribution in [2.75, 3.05) is 0 Å². The first-order chi connectivity index (χ1) is 5.59. The van der Waals surface area contributed by atoms with Crippen LogP contribution in [0.4, 0.5) is 0 Å². The van der Waals surface area contributed by atoms with Gasteiger partial charge in [0.25, 0.3) is 0 Å². The summed E-state index contributed by atoms with van der Waals surface area (Å²) in [5.74, 6) is 0.694. The molecule has 0 unspecified atom stereocenters. The van der Waals surface area contributed by atoms with E-state index in [0.717, 1.165) is 17.7 Å². The van der Waals surface area contributed by atoms with Gasteiger partial charge in [0.15, 0.2) is 4.73 Å². The Labute approximate surface area is 88.8 Å². The Morgan fingerprint density at radius 3 is 2.50 bits per heavy atom. The molecule has 0 aliphatic carbocycles. The minimum absolute atomic E-state index is 0.637. The summed E-state index contributed by atoms with van der Waals surface area (Å²) < 4.78 is 3.28. The predicted molar refractivity (Wildman–Crippen MR) is 54.9 cm³/mol. The second kappa shape index (κ2) is 4.37. The predicted octanol–water partition coefficient (Wildman–Crippen LogP) is 2.85. The van der Waals surface area contributed by atoms with Crippen molar-refractivity contribution < 1.29 is 0 Å². The van der Waals surface area contributed by atoms with Crippen LogP contribution in [0.5, 0.6) is 0 Å². The van der Waals surface area contributed by atoms with E-state index in [4.69, 9.17) is 0 Å². The molecule has 68 valence electrons. The van der Waals surface area contributed by atoms with Crippen LogP contribution in [0.1, 0.15) is 20.3 Å². The Morgan fingerprint density at radius 1 is 1.42 bits per heavy atom. The molecule has 0 saturated heterocycles. The Hall–Kier alpha value is 0.1000. The van der Waals surface area contributed by atoms with Gasteiger partial charge in [-0.3, -0.25) is 0 Å². The van der Waals surface area contributed by atoms with Gasteiger partial charge in [-0.2, -0.15) is 4.98 Å². The largest absolute Gasteiger partial charge is 0.239 e. The maximum atomic E-state index is 4.16. The molecule has 0 amide bonds. The molecule has 3 nitrogen and oxygen atoms in total. The van der Waals surface area contributed by atoms with Gasteiger partial charge in [0, 0.05) is 6.54 Å². The molecular formula is C7H11Br2N3. The standard InChI is InChI=1S/C7H11Br2N3/c1-5(2)3-4-12-7(9)10-6(8)11-12/h5H,3-4H2,1-2H3. The van der Waals surface area contributed by atoms with Crippen LogP contribution in [0.15, 0.2) is 9.47 Å². The molecule has 1 rings (SSSR count). The maximum Gasteiger partial charge on any atom is 0.218 e. The summed E-state index contributed by atoms with van der Waals surface area (Å²) in [6.07, 6.45) is 1.12. The molecule has 0 N–H and O–H groups in total. The van der Waals surface area contributed by atoms with Crippen molar-refractivity contribution in [3.8, 4) is 0 Å². The van der Waals surface area contributed by atoms with Crippen molar-refractivity contribution in [1.29, 1.82) is 0 Å². The fraction of sp³-hybridized carbons (Fsp3) is 0.714. The normalized spacial score (nSPS) is 11.1. The average molecular weight is 297 g/mol. The van der Waals surface area contributed by atoms with Crippen LogP contribution >= 0.6 is 31.9 Å². The first kappa shape index (κ1) is 10.2. The second-order valence-corrected chi connectivity index (χ2v) is 4.47. The summed E-state index contributed by atoms with van der Waals surface area (Å²) in [6, 6.07) is 0. The molecule has 1 aromatic rings. The number of hydrogen-bond acceptors (Lipinski definition) is 2. The Balaban J connectivity index is 2.57. The number of aromatic nitrogens is 3. The van der Waals surface area contributed by atoms with Gasteiger partial charge in [-0.05, 0) is 44.2 Å². The van der Waals surface area contributed by atoms with E-state index in [9.17, 15) is 0 Å². The lowest BCUT2D eigenvalue weighted by Gasteiger charge is -2.04. The summed E-state index contributed by atoms with van der Waals surface area (Å²) in [4.78, 5) is 4.07. The number of aryl methyl sites for hydroxylation is 1. The summed E-state index contributed by atoms with van der Waals surface area (Å²) >= 11 is 6.54. The van der Waals surface area contributed by atoms with Crippen molar-refractivity contribution in [3.05, 3.63) is 9.47 Å². The molecule has 0 fully saturated rings. The van der Waals surface area contributed by atoms with Crippen LogP contribution in [0, 0.1) is 5.92 Å². The van der Waals surface area contributed by atoms with Crippen molar-refractivity contribution in [2.24, 2.45) is 5.92 Å². The molecule has 0 radical (unpaired) electrons. The summed E-state index contributed by atoms with van der Waals surface area (Å²) in [5, 5.41) is 4.16. The lowest BCUT2D eigenvalue weighted by Crippen LogP contribution is -2.03. The molecule has 0 saturated carbocycles. The summed E-state index contributed by atoms with van der Waals surface area (Å²) in [5.41, 5.74) is 0. The van der Waals surface area contributed by atoms with Crippen LogP contribution in [0.25, 0.3) is 0 Å². The van der Waals surface area contributed by atoms with Crippen molar-refractivity contribution in [1.82, 2.24) is 14.8 Å². The van der Waals surface area contributed by atoms with Gasteiger partial charge in [-0.1, -0.05) is 13.8 Å². The Bertz CT molecular complexity index is 257. The van der Waals surface area contributed by atoms with E-state index in [1.165, 1.54) is 0 Å². The minimum Gasteiger partial charge on any atom is -0.239 e. The van der Waals surface area contributed by atoms with Crippen LogP contribution < -0.4 is 0 Å². The van der Waals surface area contributed by atoms with Crippen molar-refractivity contribution >= 4 is 31.9 Å². The van der Waals surface area contributed by atoms with Gasteiger partial charge >= 0.3 is 0 Å². The summed E-state index contributed by atoms with van der Waals surface area (Å²) in [7, 11) is 0. The third-order valence-electron chi connectivity index (χ3n) is 1.52. The monoisotopic (exact) mass is 295 g/mol. The van der Waals surface area contributed by atoms with Crippen LogP contribution in [-0.2, 0) is 6.54 Å². The van der Waals surface area contributed by atoms with Gasteiger partial charge in [0.2, 0.25) is 4.73 Å². The molecule has 0 bridgehead atoms. The first-order valence-corrected chi connectivity index (χ1v) is 5.44. The molecule has 5 heteroatoms. The van der Waals surface area contributed by atoms with E-state index in [-0.39, 0.29) is 0 Å². The van der Waals surface area contributed by atoms with Crippen molar-refractivity contribution in [3.63, 3.8) is 0 Å². The van der Waals surface area contributed by atoms with E-state index in [2.05, 4.69) is 55.8 Å². The van der Waals surface area contributed by atoms with E-state index < -0.39 is 0 Å². The quantitative estimate of drug-likeness (QED) is 0.859. The highest BCUT2D eigenvalue weighted by molar-refractivity contribution is 9.11. The van der Waals surface area contributed by atoms with Gasteiger partial charge in [0.1, 0.15) is 0 Å². The zero-order valence-corrected chi connectivity index (χ0v) is 10.3. The zero-order valence-electron chi connectivity index (χ0n) is 7.09. The molecule has 0 aromatic carbocycles. The van der Waals surface area contributed by atoms with Gasteiger partial charge in [0.05, 0.1) is 0 Å². The highest BCUT2D eigenvalue weighted by Crippen LogP contribution is 2.12. The molecule has 1 aromatic heterocycles. The molecule has 0 aliphatic heterocycles.